The fourth-order valence-corrected chi connectivity index (χ4v) is 3.46. The number of ether oxygens (including phenoxy) is 1. The average Bonchev–Trinajstić information content (AvgIpc) is 2.84. The summed E-state index contributed by atoms with van der Waals surface area (Å²) in [6.07, 6.45) is 5.78. The van der Waals surface area contributed by atoms with Crippen LogP contribution in [-0.4, -0.2) is 26.5 Å². The van der Waals surface area contributed by atoms with Gasteiger partial charge in [0.15, 0.2) is 0 Å². The van der Waals surface area contributed by atoms with Gasteiger partial charge in [0, 0.05) is 18.0 Å². The molecule has 0 aliphatic carbocycles. The van der Waals surface area contributed by atoms with E-state index in [4.69, 9.17) is 4.74 Å². The van der Waals surface area contributed by atoms with Gasteiger partial charge in [-0.05, 0) is 34.7 Å². The lowest BCUT2D eigenvalue weighted by molar-refractivity contribution is 0.313. The van der Waals surface area contributed by atoms with Crippen LogP contribution in [0, 0.1) is 0 Å². The molecule has 0 bridgehead atoms. The number of benzene rings is 3. The predicted molar refractivity (Wildman–Crippen MR) is 133 cm³/mol. The molecule has 0 aliphatic rings. The summed E-state index contributed by atoms with van der Waals surface area (Å²) in [7, 11) is 0. The molecule has 2 heterocycles. The van der Waals surface area contributed by atoms with E-state index < -0.39 is 0 Å². The Morgan fingerprint density at radius 2 is 1.42 bits per heavy atom. The van der Waals surface area contributed by atoms with Crippen LogP contribution in [0.25, 0.3) is 21.8 Å². The van der Waals surface area contributed by atoms with Crippen molar-refractivity contribution in [3.63, 3.8) is 0 Å². The Labute approximate surface area is 194 Å². The summed E-state index contributed by atoms with van der Waals surface area (Å²) in [5.74, 6) is 0.655. The van der Waals surface area contributed by atoms with Crippen LogP contribution in [0.2, 0.25) is 0 Å². The van der Waals surface area contributed by atoms with Gasteiger partial charge < -0.3 is 4.74 Å². The monoisotopic (exact) mass is 436 g/mol. The smallest absolute Gasteiger partial charge is 0.224 e. The summed E-state index contributed by atoms with van der Waals surface area (Å²) < 4.78 is 5.87. The van der Waals surface area contributed by atoms with E-state index in [1.165, 1.54) is 11.1 Å². The van der Waals surface area contributed by atoms with Crippen LogP contribution in [-0.2, 0) is 11.8 Å². The average molecular weight is 437 g/mol. The molecular weight excluding hydrogens is 408 g/mol. The Morgan fingerprint density at radius 1 is 0.727 bits per heavy atom. The molecule has 0 saturated heterocycles. The lowest BCUT2D eigenvalue weighted by atomic mass is 9.86. The molecule has 2 aromatic heterocycles. The fraction of sp³-hybridized carbons (Fsp3) is 0.214. The Bertz CT molecular complexity index is 1260. The largest absolute Gasteiger partial charge is 0.477 e. The maximum atomic E-state index is 5.87. The van der Waals surface area contributed by atoms with Crippen molar-refractivity contribution in [3.05, 3.63) is 103 Å². The summed E-state index contributed by atoms with van der Waals surface area (Å²) in [4.78, 5) is 16.5. The van der Waals surface area contributed by atoms with Crippen molar-refractivity contribution >= 4 is 21.8 Å². The Hall–Kier alpha value is -3.86. The molecule has 0 radical (unpaired) electrons. The first-order valence-corrected chi connectivity index (χ1v) is 11.1. The van der Waals surface area contributed by atoms with E-state index in [-0.39, 0.29) is 5.41 Å². The van der Waals surface area contributed by atoms with E-state index in [1.807, 2.05) is 54.7 Å². The third-order valence-corrected chi connectivity index (χ3v) is 5.37. The molecule has 5 rings (SSSR count). The van der Waals surface area contributed by atoms with Crippen LogP contribution in [0.15, 0.2) is 91.6 Å². The number of fused-ring (bicyclic) bond motifs is 2. The van der Waals surface area contributed by atoms with Gasteiger partial charge in [-0.15, -0.1) is 0 Å². The molecular formula is C28H28N4O. The lowest BCUT2D eigenvalue weighted by Crippen LogP contribution is -2.11. The molecule has 0 fully saturated rings. The SMILES string of the molecule is CC(C)(C)c1ccc(CCOc2ncnc3ccccc23)cc1.c1ccc2ncncc2c1. The summed E-state index contributed by atoms with van der Waals surface area (Å²) in [6, 6.07) is 24.6. The Balaban J connectivity index is 0.000000214. The highest BCUT2D eigenvalue weighted by Gasteiger charge is 2.12. The number of para-hydroxylation sites is 2. The number of hydrogen-bond acceptors (Lipinski definition) is 5. The number of nitrogens with zero attached hydrogens (tertiary/aromatic N) is 4. The van der Waals surface area contributed by atoms with E-state index in [0.29, 0.717) is 12.5 Å². The highest BCUT2D eigenvalue weighted by atomic mass is 16.5. The third kappa shape index (κ3) is 5.89. The fourth-order valence-electron chi connectivity index (χ4n) is 3.46. The second kappa shape index (κ2) is 10.2. The van der Waals surface area contributed by atoms with Gasteiger partial charge in [0.25, 0.3) is 0 Å². The quantitative estimate of drug-likeness (QED) is 0.337. The van der Waals surface area contributed by atoms with Crippen molar-refractivity contribution in [3.8, 4) is 5.88 Å². The molecule has 0 aliphatic heterocycles. The predicted octanol–water partition coefficient (Wildman–Crippen LogP) is 6.18. The van der Waals surface area contributed by atoms with Crippen LogP contribution in [0.5, 0.6) is 5.88 Å². The van der Waals surface area contributed by atoms with Gasteiger partial charge in [0.1, 0.15) is 12.7 Å². The molecule has 166 valence electrons. The molecule has 33 heavy (non-hydrogen) atoms. The second-order valence-corrected chi connectivity index (χ2v) is 8.82. The van der Waals surface area contributed by atoms with Gasteiger partial charge in [-0.2, -0.15) is 0 Å². The maximum Gasteiger partial charge on any atom is 0.224 e. The first-order valence-electron chi connectivity index (χ1n) is 11.1. The summed E-state index contributed by atoms with van der Waals surface area (Å²) in [5.41, 5.74) is 4.72. The Kier molecular flexibility index (Phi) is 6.89. The van der Waals surface area contributed by atoms with Crippen LogP contribution in [0.1, 0.15) is 31.9 Å². The van der Waals surface area contributed by atoms with Crippen LogP contribution in [0.4, 0.5) is 0 Å². The van der Waals surface area contributed by atoms with Gasteiger partial charge in [0.2, 0.25) is 5.88 Å². The Morgan fingerprint density at radius 3 is 2.18 bits per heavy atom. The van der Waals surface area contributed by atoms with Crippen LogP contribution >= 0.6 is 0 Å². The molecule has 3 aromatic carbocycles. The van der Waals surface area contributed by atoms with Crippen molar-refractivity contribution in [2.24, 2.45) is 0 Å². The van der Waals surface area contributed by atoms with Gasteiger partial charge in [-0.25, -0.2) is 19.9 Å². The first kappa shape index (κ1) is 22.3. The van der Waals surface area contributed by atoms with Crippen molar-refractivity contribution in [1.82, 2.24) is 19.9 Å². The number of hydrogen-bond donors (Lipinski definition) is 0. The first-order chi connectivity index (χ1) is 16.0. The van der Waals surface area contributed by atoms with Crippen LogP contribution < -0.4 is 4.74 Å². The van der Waals surface area contributed by atoms with E-state index in [9.17, 15) is 0 Å². The number of rotatable bonds is 4. The lowest BCUT2D eigenvalue weighted by Gasteiger charge is -2.19. The molecule has 5 heteroatoms. The van der Waals surface area contributed by atoms with Crippen LogP contribution in [0.3, 0.4) is 0 Å². The minimum atomic E-state index is 0.189. The van der Waals surface area contributed by atoms with E-state index in [1.54, 1.807) is 12.7 Å². The molecule has 0 saturated carbocycles. The van der Waals surface area contributed by atoms with E-state index >= 15 is 0 Å². The highest BCUT2D eigenvalue weighted by Crippen LogP contribution is 2.23. The highest BCUT2D eigenvalue weighted by molar-refractivity contribution is 5.82. The summed E-state index contributed by atoms with van der Waals surface area (Å²) in [5, 5.41) is 2.04. The topological polar surface area (TPSA) is 60.8 Å². The second-order valence-electron chi connectivity index (χ2n) is 8.82. The van der Waals surface area contributed by atoms with Gasteiger partial charge in [-0.3, -0.25) is 0 Å². The van der Waals surface area contributed by atoms with Gasteiger partial charge in [0.05, 0.1) is 23.0 Å². The van der Waals surface area contributed by atoms with Crippen molar-refractivity contribution in [2.45, 2.75) is 32.6 Å². The zero-order chi connectivity index (χ0) is 23.1. The molecule has 0 spiro atoms. The molecule has 0 N–H and O–H groups in total. The van der Waals surface area contributed by atoms with E-state index in [0.717, 1.165) is 28.2 Å². The maximum absolute atomic E-state index is 5.87. The van der Waals surface area contributed by atoms with Gasteiger partial charge in [-0.1, -0.05) is 75.4 Å². The third-order valence-electron chi connectivity index (χ3n) is 5.37. The molecule has 0 amide bonds. The van der Waals surface area contributed by atoms with Crippen molar-refractivity contribution in [1.29, 1.82) is 0 Å². The molecule has 0 unspecified atom stereocenters. The molecule has 5 aromatic rings. The van der Waals surface area contributed by atoms with Gasteiger partial charge >= 0.3 is 0 Å². The normalized spacial score (nSPS) is 11.1. The van der Waals surface area contributed by atoms with Crippen molar-refractivity contribution < 1.29 is 4.74 Å². The zero-order valence-corrected chi connectivity index (χ0v) is 19.3. The standard InChI is InChI=1S/C20H22N2O.C8H6N2/c1-20(2,3)16-10-8-15(9-11-16)12-13-23-19-17-6-4-5-7-18(17)21-14-22-19;1-2-4-8-7(3-1)5-9-6-10-8/h4-11,14H,12-13H2,1-3H3;1-6H. The summed E-state index contributed by atoms with van der Waals surface area (Å²) >= 11 is 0. The van der Waals surface area contributed by atoms with E-state index in [2.05, 4.69) is 65.0 Å². The van der Waals surface area contributed by atoms with Crippen molar-refractivity contribution in [2.75, 3.05) is 6.61 Å². The zero-order valence-electron chi connectivity index (χ0n) is 19.3. The molecule has 5 nitrogen and oxygen atoms in total. The minimum absolute atomic E-state index is 0.189. The minimum Gasteiger partial charge on any atom is -0.477 e. The summed E-state index contributed by atoms with van der Waals surface area (Å²) in [6.45, 7) is 7.29. The number of aromatic nitrogens is 4. The molecule has 0 atom stereocenters.